The molecule has 2 rings (SSSR count). The molecule has 98 valence electrons. The third-order valence-corrected chi connectivity index (χ3v) is 3.19. The summed E-state index contributed by atoms with van der Waals surface area (Å²) < 4.78 is 5.55. The lowest BCUT2D eigenvalue weighted by atomic mass is 10.1. The van der Waals surface area contributed by atoms with Crippen LogP contribution in [-0.4, -0.2) is 46.2 Å². The Kier molecular flexibility index (Phi) is 3.81. The van der Waals surface area contributed by atoms with Gasteiger partial charge in [0.05, 0.1) is 18.8 Å². The number of hydrogen-bond acceptors (Lipinski definition) is 4. The van der Waals surface area contributed by atoms with Gasteiger partial charge in [-0.2, -0.15) is 0 Å². The van der Waals surface area contributed by atoms with Gasteiger partial charge in [0.1, 0.15) is 5.75 Å². The summed E-state index contributed by atoms with van der Waals surface area (Å²) in [4.78, 5) is 18.1. The molecule has 5 nitrogen and oxygen atoms in total. The number of carbonyl (C=O) groups is 1. The minimum Gasteiger partial charge on any atom is -0.505 e. The first-order valence-corrected chi connectivity index (χ1v) is 6.20. The fourth-order valence-corrected chi connectivity index (χ4v) is 2.13. The van der Waals surface area contributed by atoms with Crippen molar-refractivity contribution in [3.63, 3.8) is 0 Å². The number of pyridine rings is 1. The number of rotatable bonds is 2. The molecule has 0 aromatic carbocycles. The fourth-order valence-electron chi connectivity index (χ4n) is 2.13. The molecule has 1 aromatic rings. The summed E-state index contributed by atoms with van der Waals surface area (Å²) in [6.07, 6.45) is 2.35. The molecule has 0 saturated carbocycles. The molecular weight excluding hydrogens is 232 g/mol. The number of ether oxygens (including phenoxy) is 1. The van der Waals surface area contributed by atoms with Crippen LogP contribution >= 0.6 is 0 Å². The zero-order chi connectivity index (χ0) is 13.1. The van der Waals surface area contributed by atoms with Crippen molar-refractivity contribution in [2.24, 2.45) is 0 Å². The fraction of sp³-hybridized carbons (Fsp3) is 0.538. The highest BCUT2D eigenvalue weighted by Gasteiger charge is 2.31. The molecule has 1 amide bonds. The molecule has 1 fully saturated rings. The summed E-state index contributed by atoms with van der Waals surface area (Å²) in [6, 6.07) is 3.13. The molecule has 0 bridgehead atoms. The van der Waals surface area contributed by atoms with Crippen LogP contribution < -0.4 is 0 Å². The summed E-state index contributed by atoms with van der Waals surface area (Å²) in [5.74, 6) is -0.299. The van der Waals surface area contributed by atoms with Crippen LogP contribution in [0.15, 0.2) is 18.3 Å². The molecule has 0 spiro atoms. The van der Waals surface area contributed by atoms with E-state index in [1.807, 2.05) is 13.8 Å². The van der Waals surface area contributed by atoms with Crippen LogP contribution in [0.4, 0.5) is 0 Å². The van der Waals surface area contributed by atoms with E-state index in [0.29, 0.717) is 13.2 Å². The Morgan fingerprint density at radius 2 is 2.44 bits per heavy atom. The first kappa shape index (κ1) is 12.8. The van der Waals surface area contributed by atoms with Crippen molar-refractivity contribution in [3.05, 3.63) is 24.0 Å². The lowest BCUT2D eigenvalue weighted by Crippen LogP contribution is -2.51. The molecule has 1 aliphatic rings. The summed E-state index contributed by atoms with van der Waals surface area (Å²) in [5.41, 5.74) is 0.116. The van der Waals surface area contributed by atoms with Crippen molar-refractivity contribution < 1.29 is 14.6 Å². The van der Waals surface area contributed by atoms with Gasteiger partial charge in [-0.25, -0.2) is 4.98 Å². The normalized spacial score (nSPS) is 24.0. The van der Waals surface area contributed by atoms with Crippen molar-refractivity contribution in [3.8, 4) is 5.75 Å². The first-order valence-electron chi connectivity index (χ1n) is 6.20. The largest absolute Gasteiger partial charge is 0.505 e. The zero-order valence-electron chi connectivity index (χ0n) is 10.7. The smallest absolute Gasteiger partial charge is 0.276 e. The molecule has 18 heavy (non-hydrogen) atoms. The maximum absolute atomic E-state index is 12.4. The Bertz CT molecular complexity index is 436. The van der Waals surface area contributed by atoms with Crippen molar-refractivity contribution >= 4 is 5.91 Å². The van der Waals surface area contributed by atoms with Gasteiger partial charge < -0.3 is 14.7 Å². The molecule has 1 aromatic heterocycles. The summed E-state index contributed by atoms with van der Waals surface area (Å²) in [5, 5.41) is 9.70. The van der Waals surface area contributed by atoms with E-state index >= 15 is 0 Å². The van der Waals surface area contributed by atoms with Crippen LogP contribution in [0.1, 0.15) is 30.8 Å². The second-order valence-electron chi connectivity index (χ2n) is 4.53. The van der Waals surface area contributed by atoms with Gasteiger partial charge in [0.15, 0.2) is 5.69 Å². The number of carbonyl (C=O) groups excluding carboxylic acids is 1. The SMILES string of the molecule is CCC1COC(C)CN1C(=O)c1ncccc1O. The van der Waals surface area contributed by atoms with E-state index in [0.717, 1.165) is 6.42 Å². The zero-order valence-corrected chi connectivity index (χ0v) is 10.7. The van der Waals surface area contributed by atoms with E-state index in [1.165, 1.54) is 12.3 Å². The minimum atomic E-state index is -0.227. The highest BCUT2D eigenvalue weighted by Crippen LogP contribution is 2.21. The van der Waals surface area contributed by atoms with Gasteiger partial charge in [-0.15, -0.1) is 0 Å². The van der Waals surface area contributed by atoms with E-state index in [4.69, 9.17) is 4.74 Å². The van der Waals surface area contributed by atoms with Crippen molar-refractivity contribution in [1.82, 2.24) is 9.88 Å². The molecule has 2 unspecified atom stereocenters. The van der Waals surface area contributed by atoms with Gasteiger partial charge in [-0.1, -0.05) is 6.92 Å². The third kappa shape index (κ3) is 2.46. The maximum Gasteiger partial charge on any atom is 0.276 e. The van der Waals surface area contributed by atoms with Gasteiger partial charge >= 0.3 is 0 Å². The van der Waals surface area contributed by atoms with Gasteiger partial charge in [-0.05, 0) is 25.5 Å². The van der Waals surface area contributed by atoms with E-state index in [9.17, 15) is 9.90 Å². The van der Waals surface area contributed by atoms with Crippen LogP contribution in [-0.2, 0) is 4.74 Å². The molecule has 2 heterocycles. The summed E-state index contributed by atoms with van der Waals surface area (Å²) >= 11 is 0. The van der Waals surface area contributed by atoms with Crippen molar-refractivity contribution in [2.75, 3.05) is 13.2 Å². The second-order valence-corrected chi connectivity index (χ2v) is 4.53. The van der Waals surface area contributed by atoms with Gasteiger partial charge in [0.25, 0.3) is 5.91 Å². The number of aromatic hydroxyl groups is 1. The predicted octanol–water partition coefficient (Wildman–Crippen LogP) is 1.43. The van der Waals surface area contributed by atoms with Crippen molar-refractivity contribution in [2.45, 2.75) is 32.4 Å². The number of nitrogens with zero attached hydrogens (tertiary/aromatic N) is 2. The van der Waals surface area contributed by atoms with Gasteiger partial charge in [0.2, 0.25) is 0 Å². The monoisotopic (exact) mass is 250 g/mol. The Hall–Kier alpha value is -1.62. The lowest BCUT2D eigenvalue weighted by Gasteiger charge is -2.38. The Labute approximate surface area is 106 Å². The van der Waals surface area contributed by atoms with Gasteiger partial charge in [-0.3, -0.25) is 4.79 Å². The molecule has 1 N–H and O–H groups in total. The van der Waals surface area contributed by atoms with Crippen LogP contribution in [0.5, 0.6) is 5.75 Å². The molecule has 5 heteroatoms. The number of morpholine rings is 1. The van der Waals surface area contributed by atoms with Crippen LogP contribution in [0.25, 0.3) is 0 Å². The minimum absolute atomic E-state index is 0.0163. The Balaban J connectivity index is 2.23. The maximum atomic E-state index is 12.4. The quantitative estimate of drug-likeness (QED) is 0.862. The van der Waals surface area contributed by atoms with Crippen molar-refractivity contribution in [1.29, 1.82) is 0 Å². The topological polar surface area (TPSA) is 62.7 Å². The van der Waals surface area contributed by atoms with Crippen LogP contribution in [0.3, 0.4) is 0 Å². The average molecular weight is 250 g/mol. The standard InChI is InChI=1S/C13H18N2O3/c1-3-10-8-18-9(2)7-15(10)13(17)12-11(16)5-4-6-14-12/h4-6,9-10,16H,3,7-8H2,1-2H3. The molecule has 1 aliphatic heterocycles. The van der Waals surface area contributed by atoms with E-state index in [1.54, 1.807) is 11.0 Å². The molecule has 1 saturated heterocycles. The number of hydrogen-bond donors (Lipinski definition) is 1. The molecule has 0 aliphatic carbocycles. The van der Waals surface area contributed by atoms with E-state index in [2.05, 4.69) is 4.98 Å². The number of amides is 1. The molecular formula is C13H18N2O3. The van der Waals surface area contributed by atoms with Crippen LogP contribution in [0, 0.1) is 0 Å². The predicted molar refractivity (Wildman–Crippen MR) is 66.4 cm³/mol. The van der Waals surface area contributed by atoms with Crippen LogP contribution in [0.2, 0.25) is 0 Å². The summed E-state index contributed by atoms with van der Waals surface area (Å²) in [7, 11) is 0. The lowest BCUT2D eigenvalue weighted by molar-refractivity contribution is -0.0446. The van der Waals surface area contributed by atoms with E-state index < -0.39 is 0 Å². The van der Waals surface area contributed by atoms with Gasteiger partial charge in [0, 0.05) is 12.7 Å². The summed E-state index contributed by atoms with van der Waals surface area (Å²) in [6.45, 7) is 5.03. The number of aromatic nitrogens is 1. The highest BCUT2D eigenvalue weighted by atomic mass is 16.5. The Morgan fingerprint density at radius 3 is 3.11 bits per heavy atom. The average Bonchev–Trinajstić information content (AvgIpc) is 2.38. The molecule has 2 atom stereocenters. The molecule has 0 radical (unpaired) electrons. The highest BCUT2D eigenvalue weighted by molar-refractivity contribution is 5.95. The third-order valence-electron chi connectivity index (χ3n) is 3.19. The second kappa shape index (κ2) is 5.35. The first-order chi connectivity index (χ1) is 8.63. The Morgan fingerprint density at radius 1 is 1.67 bits per heavy atom. The van der Waals surface area contributed by atoms with E-state index in [-0.39, 0.29) is 29.5 Å².